The largest absolute Gasteiger partial charge is 0.326 e. The van der Waals surface area contributed by atoms with Crippen molar-refractivity contribution in [2.45, 2.75) is 11.3 Å². The Kier molecular flexibility index (Phi) is 6.22. The molecule has 0 unspecified atom stereocenters. The Labute approximate surface area is 144 Å². The third-order valence-corrected chi connectivity index (χ3v) is 4.55. The Morgan fingerprint density at radius 1 is 1.08 bits per heavy atom. The number of carbonyl (C=O) groups is 1. The number of halogens is 1. The molecule has 0 aliphatic carbocycles. The van der Waals surface area contributed by atoms with Gasteiger partial charge in [-0.25, -0.2) is 12.8 Å². The van der Waals surface area contributed by atoms with Crippen LogP contribution in [0.5, 0.6) is 0 Å². The summed E-state index contributed by atoms with van der Waals surface area (Å²) in [6.45, 7) is 0. The van der Waals surface area contributed by atoms with Crippen LogP contribution in [0.2, 0.25) is 0 Å². The summed E-state index contributed by atoms with van der Waals surface area (Å²) in [6.07, 6.45) is 1.30. The number of anilines is 2. The number of thioether (sulfide) groups is 1. The van der Waals surface area contributed by atoms with Crippen molar-refractivity contribution in [1.82, 2.24) is 0 Å². The monoisotopic (exact) mass is 368 g/mol. The molecule has 2 aromatic carbocycles. The minimum atomic E-state index is -3.33. The van der Waals surface area contributed by atoms with Crippen LogP contribution in [-0.2, 0) is 14.8 Å². The highest BCUT2D eigenvalue weighted by Crippen LogP contribution is 2.22. The van der Waals surface area contributed by atoms with Gasteiger partial charge in [0.25, 0.3) is 0 Å². The second-order valence-electron chi connectivity index (χ2n) is 5.03. The Bertz CT molecular complexity index is 808. The van der Waals surface area contributed by atoms with Crippen molar-refractivity contribution >= 4 is 39.1 Å². The molecule has 0 bridgehead atoms. The van der Waals surface area contributed by atoms with Crippen molar-refractivity contribution in [2.24, 2.45) is 0 Å². The summed E-state index contributed by atoms with van der Waals surface area (Å²) in [6, 6.07) is 12.8. The van der Waals surface area contributed by atoms with Crippen LogP contribution in [0.4, 0.5) is 15.8 Å². The minimum Gasteiger partial charge on any atom is -0.326 e. The summed E-state index contributed by atoms with van der Waals surface area (Å²) in [4.78, 5) is 12.4. The van der Waals surface area contributed by atoms with Gasteiger partial charge >= 0.3 is 0 Å². The SMILES string of the molecule is CS(=O)(=O)Nc1ccc(NC(=O)CCSc2ccccc2F)cc1. The first-order valence-electron chi connectivity index (χ1n) is 7.08. The van der Waals surface area contributed by atoms with Crippen molar-refractivity contribution in [2.75, 3.05) is 22.0 Å². The van der Waals surface area contributed by atoms with E-state index in [1.54, 1.807) is 42.5 Å². The summed E-state index contributed by atoms with van der Waals surface area (Å²) >= 11 is 1.28. The Morgan fingerprint density at radius 3 is 2.33 bits per heavy atom. The van der Waals surface area contributed by atoms with Gasteiger partial charge in [-0.15, -0.1) is 11.8 Å². The zero-order valence-electron chi connectivity index (χ0n) is 13.0. The lowest BCUT2D eigenvalue weighted by Gasteiger charge is -2.07. The van der Waals surface area contributed by atoms with E-state index < -0.39 is 10.0 Å². The van der Waals surface area contributed by atoms with Crippen molar-refractivity contribution in [1.29, 1.82) is 0 Å². The summed E-state index contributed by atoms with van der Waals surface area (Å²) in [5.41, 5.74) is 0.987. The molecule has 0 radical (unpaired) electrons. The fraction of sp³-hybridized carbons (Fsp3) is 0.188. The fourth-order valence-corrected chi connectivity index (χ4v) is 3.33. The summed E-state index contributed by atoms with van der Waals surface area (Å²) < 4.78 is 38.0. The van der Waals surface area contributed by atoms with Gasteiger partial charge in [0, 0.05) is 28.4 Å². The molecule has 0 spiro atoms. The average Bonchev–Trinajstić information content (AvgIpc) is 2.50. The van der Waals surface area contributed by atoms with E-state index in [1.165, 1.54) is 17.8 Å². The van der Waals surface area contributed by atoms with Gasteiger partial charge in [-0.05, 0) is 36.4 Å². The molecule has 1 amide bonds. The van der Waals surface area contributed by atoms with Crippen LogP contribution >= 0.6 is 11.8 Å². The predicted molar refractivity (Wildman–Crippen MR) is 95.3 cm³/mol. The summed E-state index contributed by atoms with van der Waals surface area (Å²) in [5, 5.41) is 2.71. The Hall–Kier alpha value is -2.06. The van der Waals surface area contributed by atoms with Crippen LogP contribution in [0, 0.1) is 5.82 Å². The highest BCUT2D eigenvalue weighted by Gasteiger charge is 2.06. The normalized spacial score (nSPS) is 11.1. The van der Waals surface area contributed by atoms with Gasteiger partial charge < -0.3 is 5.32 Å². The molecule has 0 fully saturated rings. The average molecular weight is 368 g/mol. The number of sulfonamides is 1. The van der Waals surface area contributed by atoms with Crippen molar-refractivity contribution < 1.29 is 17.6 Å². The van der Waals surface area contributed by atoms with E-state index in [0.29, 0.717) is 22.0 Å². The third-order valence-electron chi connectivity index (χ3n) is 2.90. The predicted octanol–water partition coefficient (Wildman–Crippen LogP) is 3.32. The number of hydrogen-bond donors (Lipinski definition) is 2. The third kappa shape index (κ3) is 6.21. The molecule has 0 heterocycles. The summed E-state index contributed by atoms with van der Waals surface area (Å²) in [5.74, 6) is -0.0277. The summed E-state index contributed by atoms with van der Waals surface area (Å²) in [7, 11) is -3.33. The van der Waals surface area contributed by atoms with Crippen LogP contribution in [0.1, 0.15) is 6.42 Å². The highest BCUT2D eigenvalue weighted by atomic mass is 32.2. The second-order valence-corrected chi connectivity index (χ2v) is 7.91. The zero-order valence-corrected chi connectivity index (χ0v) is 14.6. The molecule has 24 heavy (non-hydrogen) atoms. The molecule has 0 aliphatic heterocycles. The number of rotatable bonds is 7. The van der Waals surface area contributed by atoms with E-state index in [1.807, 2.05) is 0 Å². The van der Waals surface area contributed by atoms with Crippen LogP contribution in [0.25, 0.3) is 0 Å². The molecular formula is C16H17FN2O3S2. The topological polar surface area (TPSA) is 75.3 Å². The van der Waals surface area contributed by atoms with E-state index >= 15 is 0 Å². The van der Waals surface area contributed by atoms with E-state index in [9.17, 15) is 17.6 Å². The molecular weight excluding hydrogens is 351 g/mol. The first-order chi connectivity index (χ1) is 11.3. The molecule has 5 nitrogen and oxygen atoms in total. The van der Waals surface area contributed by atoms with Crippen LogP contribution in [-0.4, -0.2) is 26.3 Å². The van der Waals surface area contributed by atoms with Gasteiger partial charge in [0.1, 0.15) is 5.82 Å². The molecule has 0 aliphatic rings. The van der Waals surface area contributed by atoms with Crippen LogP contribution in [0.3, 0.4) is 0 Å². The molecule has 0 saturated carbocycles. The lowest BCUT2D eigenvalue weighted by Crippen LogP contribution is -2.12. The lowest BCUT2D eigenvalue weighted by atomic mass is 10.3. The molecule has 8 heteroatoms. The maximum Gasteiger partial charge on any atom is 0.229 e. The fourth-order valence-electron chi connectivity index (χ4n) is 1.87. The smallest absolute Gasteiger partial charge is 0.229 e. The molecule has 0 atom stereocenters. The zero-order chi connectivity index (χ0) is 17.6. The molecule has 2 rings (SSSR count). The quantitative estimate of drug-likeness (QED) is 0.735. The second kappa shape index (κ2) is 8.16. The minimum absolute atomic E-state index is 0.192. The molecule has 2 N–H and O–H groups in total. The van der Waals surface area contributed by atoms with Crippen molar-refractivity contribution in [3.05, 3.63) is 54.3 Å². The maximum atomic E-state index is 13.4. The van der Waals surface area contributed by atoms with Gasteiger partial charge in [-0.3, -0.25) is 9.52 Å². The first kappa shape index (κ1) is 18.3. The number of hydrogen-bond acceptors (Lipinski definition) is 4. The number of nitrogens with one attached hydrogen (secondary N) is 2. The lowest BCUT2D eigenvalue weighted by molar-refractivity contribution is -0.115. The van der Waals surface area contributed by atoms with Gasteiger partial charge in [0.15, 0.2) is 0 Å². The van der Waals surface area contributed by atoms with Gasteiger partial charge in [0.2, 0.25) is 15.9 Å². The van der Waals surface area contributed by atoms with E-state index in [4.69, 9.17) is 0 Å². The standard InChI is InChI=1S/C16H17FN2O3S2/c1-24(21,22)19-13-8-6-12(7-9-13)18-16(20)10-11-23-15-5-3-2-4-14(15)17/h2-9,19H,10-11H2,1H3,(H,18,20). The first-order valence-corrected chi connectivity index (χ1v) is 9.96. The molecule has 2 aromatic rings. The molecule has 0 saturated heterocycles. The maximum absolute atomic E-state index is 13.4. The number of carbonyl (C=O) groups excluding carboxylic acids is 1. The van der Waals surface area contributed by atoms with Crippen molar-refractivity contribution in [3.63, 3.8) is 0 Å². The van der Waals surface area contributed by atoms with E-state index in [-0.39, 0.29) is 18.1 Å². The van der Waals surface area contributed by atoms with Crippen molar-refractivity contribution in [3.8, 4) is 0 Å². The highest BCUT2D eigenvalue weighted by molar-refractivity contribution is 7.99. The number of amides is 1. The van der Waals surface area contributed by atoms with Crippen LogP contribution < -0.4 is 10.0 Å². The van der Waals surface area contributed by atoms with Gasteiger partial charge in [0.05, 0.1) is 6.26 Å². The Balaban J connectivity index is 1.81. The molecule has 128 valence electrons. The van der Waals surface area contributed by atoms with Gasteiger partial charge in [-0.1, -0.05) is 12.1 Å². The molecule has 0 aromatic heterocycles. The number of benzene rings is 2. The van der Waals surface area contributed by atoms with Crippen LogP contribution in [0.15, 0.2) is 53.4 Å². The van der Waals surface area contributed by atoms with E-state index in [2.05, 4.69) is 10.0 Å². The van der Waals surface area contributed by atoms with E-state index in [0.717, 1.165) is 6.26 Å². The Morgan fingerprint density at radius 2 is 1.71 bits per heavy atom. The van der Waals surface area contributed by atoms with Gasteiger partial charge in [-0.2, -0.15) is 0 Å².